The largest absolute Gasteiger partial charge is 0.394 e. The van der Waals surface area contributed by atoms with Crippen LogP contribution in [0.15, 0.2) is 24.3 Å². The molecule has 224 valence electrons. The molecule has 2 amide bonds. The topological polar surface area (TPSA) is 64.1 Å². The first-order valence-electron chi connectivity index (χ1n) is 15.5. The Morgan fingerprint density at radius 3 is 2.10 bits per heavy atom. The molecular weight excluding hydrogens is 522 g/mol. The van der Waals surface area contributed by atoms with Gasteiger partial charge in [-0.1, -0.05) is 57.8 Å². The lowest BCUT2D eigenvalue weighted by Gasteiger charge is -2.43. The molecule has 2 heterocycles. The van der Waals surface area contributed by atoms with Crippen molar-refractivity contribution in [1.29, 1.82) is 0 Å². The molecule has 3 fully saturated rings. The lowest BCUT2D eigenvalue weighted by Crippen LogP contribution is -2.53. The molecule has 0 spiro atoms. The fraction of sp³-hybridized carbons (Fsp3) is 0.758. The van der Waals surface area contributed by atoms with E-state index in [4.69, 9.17) is 11.6 Å². The summed E-state index contributed by atoms with van der Waals surface area (Å²) in [6.07, 6.45) is 6.19. The number of aliphatic hydroxyl groups is 1. The molecule has 0 bridgehead atoms. The fourth-order valence-electron chi connectivity index (χ4n) is 7.25. The predicted octanol–water partition coefficient (Wildman–Crippen LogP) is 5.96. The lowest BCUT2D eigenvalue weighted by atomic mass is 9.82. The van der Waals surface area contributed by atoms with E-state index in [0.717, 1.165) is 43.7 Å². The van der Waals surface area contributed by atoms with Crippen LogP contribution in [0.25, 0.3) is 0 Å². The van der Waals surface area contributed by atoms with E-state index < -0.39 is 5.41 Å². The van der Waals surface area contributed by atoms with Gasteiger partial charge in [-0.2, -0.15) is 0 Å². The van der Waals surface area contributed by atoms with Gasteiger partial charge in [-0.25, -0.2) is 0 Å². The Kier molecular flexibility index (Phi) is 9.63. The van der Waals surface area contributed by atoms with Gasteiger partial charge in [-0.15, -0.1) is 0 Å². The van der Waals surface area contributed by atoms with Crippen molar-refractivity contribution in [3.63, 3.8) is 0 Å². The van der Waals surface area contributed by atoms with Crippen LogP contribution < -0.4 is 0 Å². The highest BCUT2D eigenvalue weighted by molar-refractivity contribution is 6.30. The summed E-state index contributed by atoms with van der Waals surface area (Å²) in [7, 11) is 0. The highest BCUT2D eigenvalue weighted by atomic mass is 35.5. The first-order valence-corrected chi connectivity index (χ1v) is 15.9. The van der Waals surface area contributed by atoms with E-state index in [9.17, 15) is 14.7 Å². The second-order valence-corrected chi connectivity index (χ2v) is 15.0. The van der Waals surface area contributed by atoms with Crippen molar-refractivity contribution in [3.05, 3.63) is 34.9 Å². The molecule has 0 unspecified atom stereocenters. The Hall–Kier alpha value is -1.63. The van der Waals surface area contributed by atoms with Crippen LogP contribution in [0.3, 0.4) is 0 Å². The van der Waals surface area contributed by atoms with Gasteiger partial charge in [-0.3, -0.25) is 14.5 Å². The van der Waals surface area contributed by atoms with Gasteiger partial charge < -0.3 is 14.9 Å². The van der Waals surface area contributed by atoms with Crippen LogP contribution in [0, 0.1) is 17.3 Å². The standard InChI is InChI=1S/C33H52ClN3O3/c1-8-22-9-15-25(16-10-22)37(31(40)32(2,3)4)26-17-27(21-38)36(18-26)30(39)29-20-35(33(5,6)7)19-28(29)23-11-13-24(34)14-12-23/h11-14,22,25-29,38H,8-10,15-21H2,1-7H3/t22?,25?,26-,27-,28-,29+/m0/s1. The molecule has 4 atom stereocenters. The molecule has 1 saturated carbocycles. The summed E-state index contributed by atoms with van der Waals surface area (Å²) in [6.45, 7) is 16.8. The zero-order chi connectivity index (χ0) is 29.4. The number of halogens is 1. The number of likely N-dealkylation sites (tertiary alicyclic amines) is 2. The van der Waals surface area contributed by atoms with Gasteiger partial charge >= 0.3 is 0 Å². The Morgan fingerprint density at radius 2 is 1.57 bits per heavy atom. The van der Waals surface area contributed by atoms with Crippen LogP contribution in [0.1, 0.15) is 98.5 Å². The fourth-order valence-corrected chi connectivity index (χ4v) is 7.37. The Labute approximate surface area is 247 Å². The number of benzene rings is 1. The molecule has 0 radical (unpaired) electrons. The lowest BCUT2D eigenvalue weighted by molar-refractivity contribution is -0.146. The molecule has 2 saturated heterocycles. The molecule has 3 aliphatic rings. The van der Waals surface area contributed by atoms with Gasteiger partial charge in [0.15, 0.2) is 0 Å². The van der Waals surface area contributed by atoms with Gasteiger partial charge in [0.05, 0.1) is 24.6 Å². The van der Waals surface area contributed by atoms with Crippen LogP contribution in [0.4, 0.5) is 0 Å². The van der Waals surface area contributed by atoms with Crippen LogP contribution in [0.2, 0.25) is 5.02 Å². The minimum absolute atomic E-state index is 0.0546. The van der Waals surface area contributed by atoms with Crippen molar-refractivity contribution in [2.24, 2.45) is 17.3 Å². The second-order valence-electron chi connectivity index (χ2n) is 14.6. The minimum atomic E-state index is -0.494. The van der Waals surface area contributed by atoms with E-state index in [2.05, 4.69) is 37.5 Å². The maximum atomic E-state index is 14.4. The van der Waals surface area contributed by atoms with E-state index in [1.807, 2.05) is 49.9 Å². The maximum Gasteiger partial charge on any atom is 0.228 e. The zero-order valence-corrected chi connectivity index (χ0v) is 26.6. The average molecular weight is 574 g/mol. The highest BCUT2D eigenvalue weighted by Crippen LogP contribution is 2.40. The molecule has 7 heteroatoms. The van der Waals surface area contributed by atoms with Gasteiger partial charge in [0.25, 0.3) is 0 Å². The quantitative estimate of drug-likeness (QED) is 0.456. The van der Waals surface area contributed by atoms with Crippen LogP contribution in [-0.4, -0.2) is 81.5 Å². The third kappa shape index (κ3) is 6.71. The third-order valence-corrected chi connectivity index (χ3v) is 10.1. The first-order chi connectivity index (χ1) is 18.7. The molecule has 4 rings (SSSR count). The Bertz CT molecular complexity index is 1020. The van der Waals surface area contributed by atoms with Crippen LogP contribution >= 0.6 is 11.6 Å². The van der Waals surface area contributed by atoms with Gasteiger partial charge in [0.2, 0.25) is 11.8 Å². The second kappa shape index (κ2) is 12.3. The number of hydrogen-bond donors (Lipinski definition) is 1. The summed E-state index contributed by atoms with van der Waals surface area (Å²) < 4.78 is 0. The van der Waals surface area contributed by atoms with Gasteiger partial charge in [0, 0.05) is 47.6 Å². The number of aliphatic hydroxyl groups excluding tert-OH is 1. The molecule has 1 N–H and O–H groups in total. The number of carbonyl (C=O) groups excluding carboxylic acids is 2. The first kappa shape index (κ1) is 31.3. The van der Waals surface area contributed by atoms with Crippen molar-refractivity contribution >= 4 is 23.4 Å². The predicted molar refractivity (Wildman–Crippen MR) is 162 cm³/mol. The number of hydrogen-bond acceptors (Lipinski definition) is 4. The number of amides is 2. The van der Waals surface area contributed by atoms with E-state index in [1.165, 1.54) is 6.42 Å². The Morgan fingerprint density at radius 1 is 0.950 bits per heavy atom. The van der Waals surface area contributed by atoms with Crippen LogP contribution in [-0.2, 0) is 9.59 Å². The summed E-state index contributed by atoms with van der Waals surface area (Å²) in [4.78, 5) is 34.8. The van der Waals surface area contributed by atoms with Gasteiger partial charge in [0.1, 0.15) is 0 Å². The number of carbonyl (C=O) groups is 2. The van der Waals surface area contributed by atoms with E-state index in [0.29, 0.717) is 24.5 Å². The van der Waals surface area contributed by atoms with Crippen molar-refractivity contribution in [3.8, 4) is 0 Å². The van der Waals surface area contributed by atoms with Crippen LogP contribution in [0.5, 0.6) is 0 Å². The third-order valence-electron chi connectivity index (χ3n) is 9.83. The summed E-state index contributed by atoms with van der Waals surface area (Å²) in [5.74, 6) is 0.861. The van der Waals surface area contributed by atoms with Gasteiger partial charge in [-0.05, 0) is 76.5 Å². The molecular formula is C33H52ClN3O3. The number of rotatable bonds is 6. The average Bonchev–Trinajstić information content (AvgIpc) is 3.54. The molecule has 40 heavy (non-hydrogen) atoms. The zero-order valence-electron chi connectivity index (χ0n) is 25.8. The molecule has 2 aliphatic heterocycles. The van der Waals surface area contributed by atoms with Crippen molar-refractivity contribution < 1.29 is 14.7 Å². The molecule has 1 aliphatic carbocycles. The summed E-state index contributed by atoms with van der Waals surface area (Å²) in [5.41, 5.74) is 0.575. The van der Waals surface area contributed by atoms with Crippen molar-refractivity contribution in [2.75, 3.05) is 26.2 Å². The van der Waals surface area contributed by atoms with E-state index in [-0.39, 0.29) is 53.9 Å². The molecule has 6 nitrogen and oxygen atoms in total. The molecule has 0 aromatic heterocycles. The monoisotopic (exact) mass is 573 g/mol. The molecule has 1 aromatic rings. The summed E-state index contributed by atoms with van der Waals surface area (Å²) in [6, 6.07) is 7.78. The van der Waals surface area contributed by atoms with Crippen molar-refractivity contribution in [2.45, 2.75) is 117 Å². The van der Waals surface area contributed by atoms with E-state index in [1.54, 1.807) is 0 Å². The summed E-state index contributed by atoms with van der Waals surface area (Å²) >= 11 is 6.20. The van der Waals surface area contributed by atoms with E-state index >= 15 is 0 Å². The highest BCUT2D eigenvalue weighted by Gasteiger charge is 2.49. The Balaban J connectivity index is 1.60. The van der Waals surface area contributed by atoms with Crippen molar-refractivity contribution in [1.82, 2.24) is 14.7 Å². The summed E-state index contributed by atoms with van der Waals surface area (Å²) in [5, 5.41) is 11.2. The smallest absolute Gasteiger partial charge is 0.228 e. The minimum Gasteiger partial charge on any atom is -0.394 e. The molecule has 1 aromatic carbocycles. The normalized spacial score (nSPS) is 30.1. The maximum absolute atomic E-state index is 14.4. The SMILES string of the molecule is CCC1CCC(N(C(=O)C(C)(C)C)[C@H]2C[C@@H](CO)N(C(=O)[C@@H]3CN(C(C)(C)C)C[C@H]3c3ccc(Cl)cc3)C2)CC1. The number of nitrogens with zero attached hydrogens (tertiary/aromatic N) is 3.